The fourth-order valence-corrected chi connectivity index (χ4v) is 4.68. The Labute approximate surface area is 182 Å². The molecule has 3 rings (SSSR count). The van der Waals surface area contributed by atoms with Gasteiger partial charge in [-0.05, 0) is 56.3 Å². The zero-order chi connectivity index (χ0) is 21.8. The van der Waals surface area contributed by atoms with E-state index >= 15 is 0 Å². The highest BCUT2D eigenvalue weighted by Crippen LogP contribution is 2.35. The first-order chi connectivity index (χ1) is 14.3. The zero-order valence-corrected chi connectivity index (χ0v) is 18.8. The van der Waals surface area contributed by atoms with Gasteiger partial charge in [0.15, 0.2) is 0 Å². The van der Waals surface area contributed by atoms with Crippen molar-refractivity contribution in [3.8, 4) is 0 Å². The highest BCUT2D eigenvalue weighted by molar-refractivity contribution is 7.19. The van der Waals surface area contributed by atoms with Gasteiger partial charge in [-0.25, -0.2) is 4.79 Å². The molecule has 30 heavy (non-hydrogen) atoms. The summed E-state index contributed by atoms with van der Waals surface area (Å²) in [6, 6.07) is 9.21. The Bertz CT molecular complexity index is 1100. The van der Waals surface area contributed by atoms with Crippen molar-refractivity contribution in [3.63, 3.8) is 0 Å². The number of aryl methyl sites for hydroxylation is 2. The zero-order valence-electron chi connectivity index (χ0n) is 17.1. The van der Waals surface area contributed by atoms with Crippen molar-refractivity contribution in [2.24, 2.45) is 0 Å². The summed E-state index contributed by atoms with van der Waals surface area (Å²) in [6.07, 6.45) is 0. The van der Waals surface area contributed by atoms with E-state index < -0.39 is 5.97 Å². The molecule has 1 aromatic carbocycles. The maximum atomic E-state index is 13.0. The quantitative estimate of drug-likeness (QED) is 0.500. The fourth-order valence-electron chi connectivity index (χ4n) is 2.97. The van der Waals surface area contributed by atoms with Gasteiger partial charge >= 0.3 is 5.97 Å². The van der Waals surface area contributed by atoms with Crippen molar-refractivity contribution in [1.29, 1.82) is 0 Å². The van der Waals surface area contributed by atoms with Crippen LogP contribution in [0.15, 0.2) is 35.7 Å². The molecule has 0 spiro atoms. The molecule has 0 unspecified atom stereocenters. The van der Waals surface area contributed by atoms with Crippen molar-refractivity contribution in [1.82, 2.24) is 0 Å². The summed E-state index contributed by atoms with van der Waals surface area (Å²) in [5.41, 5.74) is 3.41. The lowest BCUT2D eigenvalue weighted by molar-refractivity contribution is 0.0527. The van der Waals surface area contributed by atoms with Crippen LogP contribution in [0, 0.1) is 20.8 Å². The van der Waals surface area contributed by atoms with Crippen molar-refractivity contribution in [2.45, 2.75) is 27.7 Å². The van der Waals surface area contributed by atoms with Crippen LogP contribution < -0.4 is 10.6 Å². The molecule has 2 aromatic heterocycles. The van der Waals surface area contributed by atoms with Gasteiger partial charge in [-0.1, -0.05) is 23.8 Å². The Balaban J connectivity index is 1.95. The van der Waals surface area contributed by atoms with Gasteiger partial charge in [-0.3, -0.25) is 9.59 Å². The molecule has 3 aromatic rings. The number of carbonyl (C=O) groups is 3. The lowest BCUT2D eigenvalue weighted by Crippen LogP contribution is -2.14. The van der Waals surface area contributed by atoms with Crippen LogP contribution >= 0.6 is 22.7 Å². The molecule has 2 N–H and O–H groups in total. The van der Waals surface area contributed by atoms with Gasteiger partial charge in [0.1, 0.15) is 5.00 Å². The summed E-state index contributed by atoms with van der Waals surface area (Å²) in [5.74, 6) is -1.25. The number of rotatable bonds is 6. The summed E-state index contributed by atoms with van der Waals surface area (Å²) >= 11 is 2.36. The first-order valence-corrected chi connectivity index (χ1v) is 11.0. The summed E-state index contributed by atoms with van der Waals surface area (Å²) < 4.78 is 5.15. The molecule has 0 aliphatic carbocycles. The molecule has 0 radical (unpaired) electrons. The molecule has 8 heteroatoms. The molecule has 0 saturated heterocycles. The van der Waals surface area contributed by atoms with E-state index in [4.69, 9.17) is 4.74 Å². The molecule has 0 saturated carbocycles. The van der Waals surface area contributed by atoms with Crippen LogP contribution in [-0.4, -0.2) is 24.4 Å². The van der Waals surface area contributed by atoms with Crippen LogP contribution in [0.3, 0.4) is 0 Å². The number of nitrogens with one attached hydrogen (secondary N) is 2. The normalized spacial score (nSPS) is 10.5. The van der Waals surface area contributed by atoms with Gasteiger partial charge in [0.05, 0.1) is 21.9 Å². The van der Waals surface area contributed by atoms with E-state index in [0.717, 1.165) is 22.5 Å². The Morgan fingerprint density at radius 1 is 1.03 bits per heavy atom. The van der Waals surface area contributed by atoms with Crippen LogP contribution in [0.1, 0.15) is 53.3 Å². The lowest BCUT2D eigenvalue weighted by atomic mass is 10.1. The van der Waals surface area contributed by atoms with E-state index in [1.54, 1.807) is 31.4 Å². The molecule has 156 valence electrons. The minimum Gasteiger partial charge on any atom is -0.462 e. The first kappa shape index (κ1) is 21.7. The van der Waals surface area contributed by atoms with Crippen LogP contribution in [0.4, 0.5) is 10.7 Å². The average molecular weight is 443 g/mol. The van der Waals surface area contributed by atoms with Crippen molar-refractivity contribution >= 4 is 51.1 Å². The molecular weight excluding hydrogens is 420 g/mol. The van der Waals surface area contributed by atoms with Gasteiger partial charge in [-0.15, -0.1) is 22.7 Å². The number of ether oxygens (including phenoxy) is 1. The number of esters is 1. The van der Waals surface area contributed by atoms with Gasteiger partial charge in [0.2, 0.25) is 0 Å². The molecule has 0 fully saturated rings. The third-order valence-electron chi connectivity index (χ3n) is 4.43. The van der Waals surface area contributed by atoms with Gasteiger partial charge in [0.25, 0.3) is 11.8 Å². The van der Waals surface area contributed by atoms with Crippen LogP contribution in [0.25, 0.3) is 0 Å². The molecule has 2 amide bonds. The van der Waals surface area contributed by atoms with Crippen LogP contribution in [-0.2, 0) is 4.74 Å². The highest BCUT2D eigenvalue weighted by Gasteiger charge is 2.27. The number of hydrogen-bond acceptors (Lipinski definition) is 6. The molecule has 0 aliphatic rings. The van der Waals surface area contributed by atoms with E-state index in [0.29, 0.717) is 26.0 Å². The number of amides is 2. The van der Waals surface area contributed by atoms with E-state index in [9.17, 15) is 14.4 Å². The molecule has 2 heterocycles. The van der Waals surface area contributed by atoms with Crippen molar-refractivity contribution in [2.75, 3.05) is 17.2 Å². The third kappa shape index (κ3) is 4.60. The van der Waals surface area contributed by atoms with Crippen molar-refractivity contribution < 1.29 is 19.1 Å². The summed E-state index contributed by atoms with van der Waals surface area (Å²) in [4.78, 5) is 38.9. The molecular formula is C22H22N2O4S2. The summed E-state index contributed by atoms with van der Waals surface area (Å²) in [5, 5.41) is 7.75. The predicted molar refractivity (Wildman–Crippen MR) is 121 cm³/mol. The molecule has 0 atom stereocenters. The molecule has 0 bridgehead atoms. The largest absolute Gasteiger partial charge is 0.462 e. The van der Waals surface area contributed by atoms with E-state index in [1.807, 2.05) is 32.0 Å². The summed E-state index contributed by atoms with van der Waals surface area (Å²) in [6.45, 7) is 7.48. The monoisotopic (exact) mass is 442 g/mol. The molecule has 6 nitrogen and oxygen atoms in total. The maximum absolute atomic E-state index is 13.0. The fraction of sp³-hybridized carbons (Fsp3) is 0.227. The predicted octanol–water partition coefficient (Wildman–Crippen LogP) is 5.42. The van der Waals surface area contributed by atoms with Gasteiger partial charge in [-0.2, -0.15) is 0 Å². The molecule has 0 aliphatic heterocycles. The SMILES string of the molecule is CCOC(=O)c1c(NC(=O)c2cccs2)sc(C(=O)Nc2ccc(C)cc2C)c1C. The number of thiophene rings is 2. The Morgan fingerprint density at radius 3 is 2.43 bits per heavy atom. The van der Waals surface area contributed by atoms with Crippen LogP contribution in [0.5, 0.6) is 0 Å². The Hall–Kier alpha value is -2.97. The number of carbonyl (C=O) groups excluding carboxylic acids is 3. The smallest absolute Gasteiger partial charge is 0.341 e. The maximum Gasteiger partial charge on any atom is 0.341 e. The van der Waals surface area contributed by atoms with Crippen LogP contribution in [0.2, 0.25) is 0 Å². The third-order valence-corrected chi connectivity index (χ3v) is 6.51. The van der Waals surface area contributed by atoms with Gasteiger partial charge < -0.3 is 15.4 Å². The highest BCUT2D eigenvalue weighted by atomic mass is 32.1. The van der Waals surface area contributed by atoms with E-state index in [1.165, 1.54) is 11.3 Å². The lowest BCUT2D eigenvalue weighted by Gasteiger charge is -2.09. The number of hydrogen-bond donors (Lipinski definition) is 2. The Kier molecular flexibility index (Phi) is 6.69. The second-order valence-electron chi connectivity index (χ2n) is 6.68. The van der Waals surface area contributed by atoms with E-state index in [2.05, 4.69) is 10.6 Å². The minimum atomic E-state index is -0.571. The van der Waals surface area contributed by atoms with Gasteiger partial charge in [0, 0.05) is 5.69 Å². The minimum absolute atomic E-state index is 0.191. The van der Waals surface area contributed by atoms with E-state index in [-0.39, 0.29) is 24.0 Å². The average Bonchev–Trinajstić information content (AvgIpc) is 3.32. The number of benzene rings is 1. The number of anilines is 2. The summed E-state index contributed by atoms with van der Waals surface area (Å²) in [7, 11) is 0. The second kappa shape index (κ2) is 9.23. The standard InChI is InChI=1S/C22H22N2O4S2/c1-5-28-22(27)17-14(4)18(20(26)23-15-9-8-12(2)11-13(15)3)30-21(17)24-19(25)16-7-6-10-29-16/h6-11H,5H2,1-4H3,(H,23,26)(H,24,25). The first-order valence-electron chi connectivity index (χ1n) is 9.35. The second-order valence-corrected chi connectivity index (χ2v) is 8.65. The van der Waals surface area contributed by atoms with Crippen molar-refractivity contribution in [3.05, 3.63) is 67.7 Å². The topological polar surface area (TPSA) is 84.5 Å². The Morgan fingerprint density at radius 2 is 1.80 bits per heavy atom.